The average Bonchev–Trinajstić information content (AvgIpc) is 2.54. The maximum absolute atomic E-state index is 12.4. The number of alkyl halides is 3. The normalized spacial score (nSPS) is 17.2. The fraction of sp³-hybridized carbons (Fsp3) is 0.500. The Hall–Kier alpha value is -1.70. The third-order valence-electron chi connectivity index (χ3n) is 3.99. The zero-order valence-corrected chi connectivity index (χ0v) is 13.9. The number of thioether (sulfide) groups is 1. The second-order valence-electron chi connectivity index (χ2n) is 5.66. The summed E-state index contributed by atoms with van der Waals surface area (Å²) in [6, 6.07) is 5.10. The molecule has 1 aromatic rings. The third kappa shape index (κ3) is 4.66. The van der Waals surface area contributed by atoms with E-state index in [2.05, 4.69) is 5.32 Å². The van der Waals surface area contributed by atoms with Gasteiger partial charge in [-0.3, -0.25) is 4.79 Å². The number of ether oxygens (including phenoxy) is 1. The summed E-state index contributed by atoms with van der Waals surface area (Å²) >= 11 is -0.241. The van der Waals surface area contributed by atoms with Gasteiger partial charge in [-0.15, -0.1) is 0 Å². The van der Waals surface area contributed by atoms with E-state index in [1.807, 2.05) is 0 Å². The standard InChI is InChI=1S/C16H18F3NO3S/c1-23-14(22)15(9-3-2-4-10-15)20-13(21)11-5-7-12(8-6-11)24-16(17,18)19/h5-8H,2-4,9-10H2,1H3,(H,20,21). The van der Waals surface area contributed by atoms with Crippen molar-refractivity contribution in [2.24, 2.45) is 0 Å². The molecule has 1 amide bonds. The molecule has 1 aliphatic carbocycles. The number of hydrogen-bond acceptors (Lipinski definition) is 4. The smallest absolute Gasteiger partial charge is 0.446 e. The Morgan fingerprint density at radius 3 is 2.21 bits per heavy atom. The first-order valence-electron chi connectivity index (χ1n) is 7.52. The predicted molar refractivity (Wildman–Crippen MR) is 83.7 cm³/mol. The van der Waals surface area contributed by atoms with E-state index in [-0.39, 0.29) is 22.2 Å². The van der Waals surface area contributed by atoms with Crippen molar-refractivity contribution < 1.29 is 27.5 Å². The molecular weight excluding hydrogens is 343 g/mol. The Morgan fingerprint density at radius 2 is 1.71 bits per heavy atom. The summed E-state index contributed by atoms with van der Waals surface area (Å²) in [6.45, 7) is 0. The Kier molecular flexibility index (Phi) is 5.79. The SMILES string of the molecule is COC(=O)C1(NC(=O)c2ccc(SC(F)(F)F)cc2)CCCCC1. The molecule has 0 saturated heterocycles. The second kappa shape index (κ2) is 7.46. The van der Waals surface area contributed by atoms with E-state index in [1.54, 1.807) is 0 Å². The second-order valence-corrected chi connectivity index (χ2v) is 6.80. The van der Waals surface area contributed by atoms with Gasteiger partial charge in [0.25, 0.3) is 5.91 Å². The molecule has 132 valence electrons. The summed E-state index contributed by atoms with van der Waals surface area (Å²) in [6.07, 6.45) is 3.58. The number of halogens is 3. The van der Waals surface area contributed by atoms with Gasteiger partial charge in [0.15, 0.2) is 0 Å². The number of carbonyl (C=O) groups is 2. The number of amides is 1. The molecule has 1 fully saturated rings. The van der Waals surface area contributed by atoms with Crippen molar-refractivity contribution >= 4 is 23.6 Å². The first kappa shape index (κ1) is 18.6. The lowest BCUT2D eigenvalue weighted by molar-refractivity contribution is -0.149. The summed E-state index contributed by atoms with van der Waals surface area (Å²) in [5.74, 6) is -0.981. The van der Waals surface area contributed by atoms with Crippen LogP contribution in [0.2, 0.25) is 0 Å². The van der Waals surface area contributed by atoms with E-state index in [0.29, 0.717) is 12.8 Å². The van der Waals surface area contributed by atoms with Gasteiger partial charge < -0.3 is 10.1 Å². The van der Waals surface area contributed by atoms with Crippen LogP contribution in [-0.2, 0) is 9.53 Å². The Morgan fingerprint density at radius 1 is 1.12 bits per heavy atom. The Bertz CT molecular complexity index is 596. The van der Waals surface area contributed by atoms with E-state index in [9.17, 15) is 22.8 Å². The molecule has 0 bridgehead atoms. The molecule has 0 atom stereocenters. The van der Waals surface area contributed by atoms with Gasteiger partial charge in [-0.1, -0.05) is 19.3 Å². The minimum absolute atomic E-state index is 0.000558. The molecule has 1 aliphatic rings. The van der Waals surface area contributed by atoms with Crippen LogP contribution < -0.4 is 5.32 Å². The van der Waals surface area contributed by atoms with Crippen LogP contribution in [0, 0.1) is 0 Å². The molecule has 2 rings (SSSR count). The highest BCUT2D eigenvalue weighted by molar-refractivity contribution is 8.00. The monoisotopic (exact) mass is 361 g/mol. The first-order chi connectivity index (χ1) is 11.3. The molecule has 1 saturated carbocycles. The highest BCUT2D eigenvalue weighted by Crippen LogP contribution is 2.36. The fourth-order valence-corrected chi connectivity index (χ4v) is 3.37. The number of carbonyl (C=O) groups excluding carboxylic acids is 2. The van der Waals surface area contributed by atoms with Gasteiger partial charge in [0.2, 0.25) is 0 Å². The molecule has 0 radical (unpaired) electrons. The van der Waals surface area contributed by atoms with Crippen LogP contribution in [0.5, 0.6) is 0 Å². The van der Waals surface area contributed by atoms with Gasteiger partial charge in [0.05, 0.1) is 7.11 Å². The maximum Gasteiger partial charge on any atom is 0.446 e. The molecule has 0 aromatic heterocycles. The Labute approximate surface area is 142 Å². The predicted octanol–water partition coefficient (Wildman–Crippen LogP) is 3.90. The zero-order valence-electron chi connectivity index (χ0n) is 13.1. The van der Waals surface area contributed by atoms with Crippen molar-refractivity contribution in [2.75, 3.05) is 7.11 Å². The van der Waals surface area contributed by atoms with Gasteiger partial charge in [-0.25, -0.2) is 4.79 Å². The zero-order chi connectivity index (χ0) is 17.8. The highest BCUT2D eigenvalue weighted by atomic mass is 32.2. The van der Waals surface area contributed by atoms with Crippen LogP contribution in [0.15, 0.2) is 29.2 Å². The van der Waals surface area contributed by atoms with Crippen molar-refractivity contribution in [2.45, 2.75) is 48.0 Å². The van der Waals surface area contributed by atoms with E-state index in [4.69, 9.17) is 4.74 Å². The van der Waals surface area contributed by atoms with Crippen LogP contribution in [-0.4, -0.2) is 30.0 Å². The largest absolute Gasteiger partial charge is 0.467 e. The average molecular weight is 361 g/mol. The fourth-order valence-electron chi connectivity index (χ4n) is 2.83. The molecule has 8 heteroatoms. The van der Waals surface area contributed by atoms with Crippen molar-refractivity contribution in [1.82, 2.24) is 5.32 Å². The van der Waals surface area contributed by atoms with Gasteiger partial charge in [-0.05, 0) is 48.9 Å². The molecule has 24 heavy (non-hydrogen) atoms. The number of nitrogens with one attached hydrogen (secondary N) is 1. The number of rotatable bonds is 4. The highest BCUT2D eigenvalue weighted by Gasteiger charge is 2.42. The molecule has 1 N–H and O–H groups in total. The molecule has 0 aliphatic heterocycles. The summed E-state index contributed by atoms with van der Waals surface area (Å²) in [7, 11) is 1.27. The quantitative estimate of drug-likeness (QED) is 0.653. The summed E-state index contributed by atoms with van der Waals surface area (Å²) in [4.78, 5) is 24.5. The minimum atomic E-state index is -4.37. The van der Waals surface area contributed by atoms with Crippen molar-refractivity contribution in [1.29, 1.82) is 0 Å². The summed E-state index contributed by atoms with van der Waals surface area (Å²) in [5.41, 5.74) is -5.22. The van der Waals surface area contributed by atoms with Crippen LogP contribution in [0.3, 0.4) is 0 Å². The minimum Gasteiger partial charge on any atom is -0.467 e. The van der Waals surface area contributed by atoms with E-state index in [1.165, 1.54) is 31.4 Å². The summed E-state index contributed by atoms with van der Waals surface area (Å²) < 4.78 is 41.8. The summed E-state index contributed by atoms with van der Waals surface area (Å²) in [5, 5.41) is 2.72. The van der Waals surface area contributed by atoms with E-state index >= 15 is 0 Å². The molecular formula is C16H18F3NO3S. The Balaban J connectivity index is 2.11. The topological polar surface area (TPSA) is 55.4 Å². The molecule has 0 spiro atoms. The number of esters is 1. The van der Waals surface area contributed by atoms with Crippen molar-refractivity contribution in [3.05, 3.63) is 29.8 Å². The van der Waals surface area contributed by atoms with E-state index in [0.717, 1.165) is 19.3 Å². The molecule has 0 heterocycles. The lowest BCUT2D eigenvalue weighted by Gasteiger charge is -2.35. The van der Waals surface area contributed by atoms with Crippen LogP contribution >= 0.6 is 11.8 Å². The van der Waals surface area contributed by atoms with Crippen molar-refractivity contribution in [3.63, 3.8) is 0 Å². The molecule has 1 aromatic carbocycles. The van der Waals surface area contributed by atoms with E-state index < -0.39 is 22.9 Å². The van der Waals surface area contributed by atoms with Crippen LogP contribution in [0.1, 0.15) is 42.5 Å². The molecule has 0 unspecified atom stereocenters. The van der Waals surface area contributed by atoms with Gasteiger partial charge in [0, 0.05) is 10.5 Å². The van der Waals surface area contributed by atoms with Gasteiger partial charge in [0.1, 0.15) is 5.54 Å². The van der Waals surface area contributed by atoms with Gasteiger partial charge >= 0.3 is 11.5 Å². The number of methoxy groups -OCH3 is 1. The third-order valence-corrected chi connectivity index (χ3v) is 4.73. The van der Waals surface area contributed by atoms with Crippen LogP contribution in [0.25, 0.3) is 0 Å². The van der Waals surface area contributed by atoms with Crippen LogP contribution in [0.4, 0.5) is 13.2 Å². The number of benzene rings is 1. The molecule has 4 nitrogen and oxygen atoms in total. The first-order valence-corrected chi connectivity index (χ1v) is 8.34. The maximum atomic E-state index is 12.4. The van der Waals surface area contributed by atoms with Gasteiger partial charge in [-0.2, -0.15) is 13.2 Å². The number of hydrogen-bond donors (Lipinski definition) is 1. The lowest BCUT2D eigenvalue weighted by Crippen LogP contribution is -2.56. The lowest BCUT2D eigenvalue weighted by atomic mass is 9.81. The van der Waals surface area contributed by atoms with Crippen molar-refractivity contribution in [3.8, 4) is 0 Å².